The van der Waals surface area contributed by atoms with E-state index in [2.05, 4.69) is 15.0 Å². The van der Waals surface area contributed by atoms with E-state index in [9.17, 15) is 15.0 Å². The standard InChI is InChI=1S/C14H21N5O5/c1-14(2,3)24-9-6(4-20)23-12(8(9)21)19-5-16-7-10(19)17-13(15)18-11(7)22/h5-6,8-9,12,20-21H,4H2,1-3H3,(H3,15,17,18,22). The van der Waals surface area contributed by atoms with E-state index in [-0.39, 0.29) is 23.7 Å². The Hall–Kier alpha value is -2.01. The van der Waals surface area contributed by atoms with Gasteiger partial charge in [0, 0.05) is 0 Å². The summed E-state index contributed by atoms with van der Waals surface area (Å²) >= 11 is 0. The number of nitrogen functional groups attached to an aromatic ring is 1. The molecule has 0 aromatic carbocycles. The van der Waals surface area contributed by atoms with Crippen LogP contribution >= 0.6 is 0 Å². The molecule has 1 fully saturated rings. The van der Waals surface area contributed by atoms with Crippen LogP contribution in [0.4, 0.5) is 5.95 Å². The van der Waals surface area contributed by atoms with Crippen LogP contribution in [0.5, 0.6) is 0 Å². The van der Waals surface area contributed by atoms with Gasteiger partial charge in [0.05, 0.1) is 18.5 Å². The Morgan fingerprint density at radius 1 is 1.50 bits per heavy atom. The van der Waals surface area contributed by atoms with E-state index in [4.69, 9.17) is 15.2 Å². The molecule has 0 aliphatic carbocycles. The number of nitrogens with two attached hydrogens (primary N) is 1. The summed E-state index contributed by atoms with van der Waals surface area (Å²) in [7, 11) is 0. The van der Waals surface area contributed by atoms with E-state index in [0.29, 0.717) is 0 Å². The van der Waals surface area contributed by atoms with Gasteiger partial charge in [0.2, 0.25) is 5.95 Å². The number of fused-ring (bicyclic) bond motifs is 1. The van der Waals surface area contributed by atoms with Gasteiger partial charge in [-0.1, -0.05) is 0 Å². The van der Waals surface area contributed by atoms with E-state index >= 15 is 0 Å². The van der Waals surface area contributed by atoms with Gasteiger partial charge in [-0.15, -0.1) is 0 Å². The number of ether oxygens (including phenoxy) is 2. The van der Waals surface area contributed by atoms with Gasteiger partial charge >= 0.3 is 0 Å². The summed E-state index contributed by atoms with van der Waals surface area (Å²) in [5.41, 5.74) is 4.83. The van der Waals surface area contributed by atoms with Crippen molar-refractivity contribution in [2.24, 2.45) is 0 Å². The van der Waals surface area contributed by atoms with E-state index in [1.54, 1.807) is 0 Å². The molecule has 5 N–H and O–H groups in total. The fourth-order valence-corrected chi connectivity index (χ4v) is 2.78. The maximum Gasteiger partial charge on any atom is 0.280 e. The number of hydrogen-bond acceptors (Lipinski definition) is 8. The number of aliphatic hydroxyl groups excluding tert-OH is 2. The van der Waals surface area contributed by atoms with Gasteiger partial charge in [0.15, 0.2) is 17.4 Å². The van der Waals surface area contributed by atoms with Crippen molar-refractivity contribution in [3.8, 4) is 0 Å². The van der Waals surface area contributed by atoms with Crippen LogP contribution in [0, 0.1) is 0 Å². The number of nitrogens with zero attached hydrogens (tertiary/aromatic N) is 3. The number of rotatable bonds is 3. The molecule has 4 unspecified atom stereocenters. The van der Waals surface area contributed by atoms with Gasteiger partial charge in [-0.2, -0.15) is 4.98 Å². The predicted molar refractivity (Wildman–Crippen MR) is 84.2 cm³/mol. The van der Waals surface area contributed by atoms with Gasteiger partial charge < -0.3 is 25.4 Å². The molecular weight excluding hydrogens is 318 g/mol. The number of aliphatic hydroxyl groups is 2. The third kappa shape index (κ3) is 2.88. The van der Waals surface area contributed by atoms with Crippen LogP contribution in [0.3, 0.4) is 0 Å². The number of nitrogens with one attached hydrogen (secondary N) is 1. The lowest BCUT2D eigenvalue weighted by molar-refractivity contribution is -0.119. The molecule has 10 nitrogen and oxygen atoms in total. The molecular formula is C14H21N5O5. The molecule has 24 heavy (non-hydrogen) atoms. The Morgan fingerprint density at radius 2 is 2.21 bits per heavy atom. The number of hydrogen-bond donors (Lipinski definition) is 4. The van der Waals surface area contributed by atoms with Crippen LogP contribution in [0.2, 0.25) is 0 Å². The highest BCUT2D eigenvalue weighted by Gasteiger charge is 2.47. The van der Waals surface area contributed by atoms with Crippen molar-refractivity contribution in [3.05, 3.63) is 16.7 Å². The first-order chi connectivity index (χ1) is 11.2. The minimum Gasteiger partial charge on any atom is -0.394 e. The zero-order valence-electron chi connectivity index (χ0n) is 13.6. The van der Waals surface area contributed by atoms with Crippen molar-refractivity contribution in [1.82, 2.24) is 19.5 Å². The molecule has 2 aromatic heterocycles. The van der Waals surface area contributed by atoms with Gasteiger partial charge in [-0.05, 0) is 20.8 Å². The first-order valence-corrected chi connectivity index (χ1v) is 7.56. The molecule has 2 aromatic rings. The van der Waals surface area contributed by atoms with Crippen LogP contribution in [-0.4, -0.2) is 60.3 Å². The zero-order valence-corrected chi connectivity index (χ0v) is 13.6. The Bertz CT molecular complexity index is 795. The van der Waals surface area contributed by atoms with Crippen LogP contribution in [0.25, 0.3) is 11.2 Å². The fraction of sp³-hybridized carbons (Fsp3) is 0.643. The molecule has 0 amide bonds. The van der Waals surface area contributed by atoms with Crippen LogP contribution in [0.15, 0.2) is 11.1 Å². The van der Waals surface area contributed by atoms with Crippen molar-refractivity contribution >= 4 is 17.1 Å². The van der Waals surface area contributed by atoms with Gasteiger partial charge in [-0.25, -0.2) is 4.98 Å². The molecule has 0 bridgehead atoms. The fourth-order valence-electron chi connectivity index (χ4n) is 2.78. The summed E-state index contributed by atoms with van der Waals surface area (Å²) in [6, 6.07) is 0. The second kappa shape index (κ2) is 5.81. The van der Waals surface area contributed by atoms with Gasteiger partial charge in [0.25, 0.3) is 5.56 Å². The monoisotopic (exact) mass is 339 g/mol. The lowest BCUT2D eigenvalue weighted by atomic mass is 10.1. The normalized spacial score (nSPS) is 27.9. The number of imidazole rings is 1. The first kappa shape index (κ1) is 16.8. The molecule has 1 aliphatic heterocycles. The molecule has 1 aliphatic rings. The minimum absolute atomic E-state index is 0.0667. The quantitative estimate of drug-likeness (QED) is 0.564. The Kier molecular flexibility index (Phi) is 4.08. The summed E-state index contributed by atoms with van der Waals surface area (Å²) < 4.78 is 13.0. The summed E-state index contributed by atoms with van der Waals surface area (Å²) in [5, 5.41) is 20.2. The van der Waals surface area contributed by atoms with Crippen molar-refractivity contribution in [2.75, 3.05) is 12.3 Å². The molecule has 0 radical (unpaired) electrons. The van der Waals surface area contributed by atoms with Crippen LogP contribution < -0.4 is 11.3 Å². The molecule has 0 saturated carbocycles. The second-order valence-corrected chi connectivity index (χ2v) is 6.71. The van der Waals surface area contributed by atoms with E-state index in [0.717, 1.165) is 0 Å². The second-order valence-electron chi connectivity index (χ2n) is 6.71. The number of aromatic nitrogens is 4. The molecule has 3 rings (SSSR count). The topological polar surface area (TPSA) is 149 Å². The highest BCUT2D eigenvalue weighted by Crippen LogP contribution is 2.34. The SMILES string of the molecule is CC(C)(C)OC1C(CO)OC(n2cnc3c(=O)[nH]c(N)nc32)C1O. The molecule has 0 spiro atoms. The Morgan fingerprint density at radius 3 is 2.83 bits per heavy atom. The van der Waals surface area contributed by atoms with Crippen LogP contribution in [0.1, 0.15) is 27.0 Å². The smallest absolute Gasteiger partial charge is 0.280 e. The Balaban J connectivity index is 2.00. The summed E-state index contributed by atoms with van der Waals surface area (Å²) in [6.07, 6.45) is -2.11. The highest BCUT2D eigenvalue weighted by atomic mass is 16.6. The van der Waals surface area contributed by atoms with Crippen molar-refractivity contribution in [2.45, 2.75) is 50.9 Å². The maximum atomic E-state index is 11.9. The average molecular weight is 339 g/mol. The molecule has 10 heteroatoms. The third-order valence-corrected chi connectivity index (χ3v) is 3.70. The van der Waals surface area contributed by atoms with Gasteiger partial charge in [0.1, 0.15) is 18.3 Å². The number of anilines is 1. The highest BCUT2D eigenvalue weighted by molar-refractivity contribution is 5.70. The van der Waals surface area contributed by atoms with Crippen molar-refractivity contribution < 1.29 is 19.7 Å². The predicted octanol–water partition coefficient (Wildman–Crippen LogP) is -0.864. The zero-order chi connectivity index (χ0) is 17.6. The summed E-state index contributed by atoms with van der Waals surface area (Å²) in [5.74, 6) is -0.0667. The largest absolute Gasteiger partial charge is 0.394 e. The van der Waals surface area contributed by atoms with E-state index < -0.39 is 35.7 Å². The molecule has 4 atom stereocenters. The Labute approximate surface area is 137 Å². The first-order valence-electron chi connectivity index (χ1n) is 7.56. The van der Waals surface area contributed by atoms with Crippen molar-refractivity contribution in [1.29, 1.82) is 0 Å². The third-order valence-electron chi connectivity index (χ3n) is 3.70. The number of aromatic amines is 1. The van der Waals surface area contributed by atoms with Gasteiger partial charge in [-0.3, -0.25) is 14.3 Å². The van der Waals surface area contributed by atoms with E-state index in [1.165, 1.54) is 10.9 Å². The lowest BCUT2D eigenvalue weighted by Crippen LogP contribution is -2.41. The lowest BCUT2D eigenvalue weighted by Gasteiger charge is -2.28. The minimum atomic E-state index is -1.08. The van der Waals surface area contributed by atoms with Crippen molar-refractivity contribution in [3.63, 3.8) is 0 Å². The maximum absolute atomic E-state index is 11.9. The summed E-state index contributed by atoms with van der Waals surface area (Å²) in [6.45, 7) is 5.21. The number of H-pyrrole nitrogens is 1. The summed E-state index contributed by atoms with van der Waals surface area (Å²) in [4.78, 5) is 22.3. The average Bonchev–Trinajstić information content (AvgIpc) is 3.00. The van der Waals surface area contributed by atoms with Crippen LogP contribution in [-0.2, 0) is 9.47 Å². The molecule has 3 heterocycles. The molecule has 1 saturated heterocycles. The molecule has 132 valence electrons. The van der Waals surface area contributed by atoms with E-state index in [1.807, 2.05) is 20.8 Å².